The van der Waals surface area contributed by atoms with Gasteiger partial charge in [-0.15, -0.1) is 0 Å². The lowest BCUT2D eigenvalue weighted by Crippen LogP contribution is -2.10. The molecule has 2 rings (SSSR count). The average molecular weight is 274 g/mol. The fourth-order valence-electron chi connectivity index (χ4n) is 2.18. The maximum Gasteiger partial charge on any atom is 0.0912 e. The van der Waals surface area contributed by atoms with E-state index in [0.717, 1.165) is 22.4 Å². The van der Waals surface area contributed by atoms with Gasteiger partial charge in [0.2, 0.25) is 0 Å². The van der Waals surface area contributed by atoms with E-state index in [4.69, 9.17) is 5.26 Å². The molecule has 0 aliphatic rings. The summed E-state index contributed by atoms with van der Waals surface area (Å²) >= 11 is 0. The van der Waals surface area contributed by atoms with Gasteiger partial charge in [0.1, 0.15) is 0 Å². The molecule has 0 saturated heterocycles. The van der Waals surface area contributed by atoms with Gasteiger partial charge < -0.3 is 4.90 Å². The summed E-state index contributed by atoms with van der Waals surface area (Å²) in [6.45, 7) is 0. The molecule has 0 bridgehead atoms. The molecule has 0 N–H and O–H groups in total. The first kappa shape index (κ1) is 14.6. The number of allylic oxidation sites excluding steroid dienone is 3. The Hall–Kier alpha value is -2.79. The first-order chi connectivity index (χ1) is 10.2. The van der Waals surface area contributed by atoms with E-state index in [2.05, 4.69) is 41.3 Å². The second kappa shape index (κ2) is 7.12. The number of benzene rings is 2. The largest absolute Gasteiger partial charge is 0.377 e. The molecule has 2 aromatic rings. The highest BCUT2D eigenvalue weighted by molar-refractivity contribution is 5.92. The molecule has 0 aliphatic carbocycles. The van der Waals surface area contributed by atoms with Gasteiger partial charge >= 0.3 is 0 Å². The monoisotopic (exact) mass is 274 g/mol. The van der Waals surface area contributed by atoms with Crippen LogP contribution in [0.25, 0.3) is 11.6 Å². The average Bonchev–Trinajstić information content (AvgIpc) is 2.52. The Morgan fingerprint density at radius 1 is 1.00 bits per heavy atom. The number of nitriles is 1. The summed E-state index contributed by atoms with van der Waals surface area (Å²) in [5.41, 5.74) is 4.37. The molecule has 2 aromatic carbocycles. The third-order valence-corrected chi connectivity index (χ3v) is 3.16. The fourth-order valence-corrected chi connectivity index (χ4v) is 2.18. The van der Waals surface area contributed by atoms with Gasteiger partial charge in [-0.2, -0.15) is 5.26 Å². The molecule has 0 aliphatic heterocycles. The third kappa shape index (κ3) is 3.84. The van der Waals surface area contributed by atoms with E-state index in [-0.39, 0.29) is 0 Å². The van der Waals surface area contributed by atoms with E-state index in [1.807, 2.05) is 50.5 Å². The minimum Gasteiger partial charge on any atom is -0.377 e. The summed E-state index contributed by atoms with van der Waals surface area (Å²) in [5.74, 6) is 0. The second-order valence-corrected chi connectivity index (χ2v) is 4.88. The summed E-state index contributed by atoms with van der Waals surface area (Å²) in [6.07, 6.45) is 5.46. The van der Waals surface area contributed by atoms with Crippen LogP contribution in [0.5, 0.6) is 0 Å². The Bertz CT molecular complexity index is 689. The Kier molecular flexibility index (Phi) is 4.95. The molecular weight excluding hydrogens is 256 g/mol. The molecule has 0 heterocycles. The second-order valence-electron chi connectivity index (χ2n) is 4.88. The van der Waals surface area contributed by atoms with Gasteiger partial charge in [0.15, 0.2) is 0 Å². The molecule has 21 heavy (non-hydrogen) atoms. The highest BCUT2D eigenvalue weighted by Gasteiger charge is 2.06. The summed E-state index contributed by atoms with van der Waals surface area (Å²) < 4.78 is 0. The lowest BCUT2D eigenvalue weighted by atomic mass is 10.00. The van der Waals surface area contributed by atoms with Crippen molar-refractivity contribution in [2.45, 2.75) is 0 Å². The van der Waals surface area contributed by atoms with Crippen molar-refractivity contribution < 1.29 is 0 Å². The van der Waals surface area contributed by atoms with E-state index < -0.39 is 0 Å². The molecule has 2 heteroatoms. The van der Waals surface area contributed by atoms with Gasteiger partial charge in [-0.05, 0) is 29.4 Å². The van der Waals surface area contributed by atoms with Gasteiger partial charge in [-0.1, -0.05) is 48.5 Å². The highest BCUT2D eigenvalue weighted by atomic mass is 15.1. The quantitative estimate of drug-likeness (QED) is 0.470. The van der Waals surface area contributed by atoms with Crippen LogP contribution in [0.2, 0.25) is 0 Å². The van der Waals surface area contributed by atoms with Crippen molar-refractivity contribution in [2.24, 2.45) is 0 Å². The van der Waals surface area contributed by atoms with Crippen molar-refractivity contribution in [1.29, 1.82) is 5.26 Å². The number of nitrogens with zero attached hydrogens (tertiary/aromatic N) is 2. The predicted molar refractivity (Wildman–Crippen MR) is 89.8 cm³/mol. The van der Waals surface area contributed by atoms with Crippen LogP contribution in [-0.4, -0.2) is 14.1 Å². The highest BCUT2D eigenvalue weighted by Crippen LogP contribution is 2.28. The van der Waals surface area contributed by atoms with Crippen LogP contribution in [0.1, 0.15) is 11.1 Å². The Morgan fingerprint density at radius 3 is 2.33 bits per heavy atom. The Labute approximate surface area is 126 Å². The van der Waals surface area contributed by atoms with Crippen molar-refractivity contribution >= 4 is 17.3 Å². The van der Waals surface area contributed by atoms with Crippen LogP contribution in [0.4, 0.5) is 5.69 Å². The summed E-state index contributed by atoms with van der Waals surface area (Å²) in [5, 5.41) is 8.83. The third-order valence-electron chi connectivity index (χ3n) is 3.16. The lowest BCUT2D eigenvalue weighted by molar-refractivity contribution is 1.13. The minimum absolute atomic E-state index is 1.02. The molecule has 0 spiro atoms. The van der Waals surface area contributed by atoms with Crippen LogP contribution in [0.3, 0.4) is 0 Å². The number of hydrogen-bond donors (Lipinski definition) is 0. The van der Waals surface area contributed by atoms with Crippen molar-refractivity contribution in [3.05, 3.63) is 77.9 Å². The number of para-hydroxylation sites is 1. The van der Waals surface area contributed by atoms with Gasteiger partial charge in [0.25, 0.3) is 0 Å². The topological polar surface area (TPSA) is 27.0 Å². The van der Waals surface area contributed by atoms with Gasteiger partial charge in [0.05, 0.1) is 6.07 Å². The zero-order valence-electron chi connectivity index (χ0n) is 12.3. The van der Waals surface area contributed by atoms with Crippen molar-refractivity contribution in [3.8, 4) is 6.07 Å². The van der Waals surface area contributed by atoms with E-state index in [1.54, 1.807) is 0 Å². The SMILES string of the molecule is CN(C)c1ccccc1C(/C=C\C#N)=C/c1ccccc1. The minimum atomic E-state index is 1.02. The molecule has 0 atom stereocenters. The number of hydrogen-bond acceptors (Lipinski definition) is 2. The summed E-state index contributed by atoms with van der Waals surface area (Å²) in [7, 11) is 4.04. The molecule has 0 aromatic heterocycles. The molecule has 0 radical (unpaired) electrons. The van der Waals surface area contributed by atoms with E-state index >= 15 is 0 Å². The maximum atomic E-state index is 8.83. The first-order valence-corrected chi connectivity index (χ1v) is 6.82. The van der Waals surface area contributed by atoms with Gasteiger partial charge in [0, 0.05) is 31.4 Å². The smallest absolute Gasteiger partial charge is 0.0912 e. The van der Waals surface area contributed by atoms with Gasteiger partial charge in [-0.25, -0.2) is 0 Å². The zero-order valence-corrected chi connectivity index (χ0v) is 12.3. The summed E-state index contributed by atoms with van der Waals surface area (Å²) in [6, 6.07) is 20.4. The molecule has 0 fully saturated rings. The van der Waals surface area contributed by atoms with Crippen LogP contribution >= 0.6 is 0 Å². The van der Waals surface area contributed by atoms with Crippen molar-refractivity contribution in [2.75, 3.05) is 19.0 Å². The normalized spacial score (nSPS) is 11.4. The van der Waals surface area contributed by atoms with Crippen LogP contribution in [-0.2, 0) is 0 Å². The van der Waals surface area contributed by atoms with Crippen molar-refractivity contribution in [3.63, 3.8) is 0 Å². The lowest BCUT2D eigenvalue weighted by Gasteiger charge is -2.18. The standard InChI is InChI=1S/C19H18N2/c1-21(2)19-13-7-6-12-18(19)17(11-8-14-20)15-16-9-4-3-5-10-16/h3-13,15H,1-2H3/b11-8-,17-15+. The predicted octanol–water partition coefficient (Wildman–Crippen LogP) is 4.37. The summed E-state index contributed by atoms with van der Waals surface area (Å²) in [4.78, 5) is 2.08. The molecule has 104 valence electrons. The van der Waals surface area contributed by atoms with E-state index in [9.17, 15) is 0 Å². The first-order valence-electron chi connectivity index (χ1n) is 6.82. The molecule has 0 unspecified atom stereocenters. The molecule has 2 nitrogen and oxygen atoms in total. The van der Waals surface area contributed by atoms with Crippen LogP contribution in [0, 0.1) is 11.3 Å². The molecular formula is C19H18N2. The zero-order chi connectivity index (χ0) is 15.1. The fraction of sp³-hybridized carbons (Fsp3) is 0.105. The Balaban J connectivity index is 2.55. The number of anilines is 1. The van der Waals surface area contributed by atoms with Gasteiger partial charge in [-0.3, -0.25) is 0 Å². The maximum absolute atomic E-state index is 8.83. The van der Waals surface area contributed by atoms with Crippen LogP contribution in [0.15, 0.2) is 66.7 Å². The molecule has 0 amide bonds. The van der Waals surface area contributed by atoms with Crippen molar-refractivity contribution in [1.82, 2.24) is 0 Å². The van der Waals surface area contributed by atoms with Crippen LogP contribution < -0.4 is 4.90 Å². The Morgan fingerprint density at radius 2 is 1.67 bits per heavy atom. The molecule has 0 saturated carbocycles. The van der Waals surface area contributed by atoms with E-state index in [0.29, 0.717) is 0 Å². The number of rotatable bonds is 4. The van der Waals surface area contributed by atoms with E-state index in [1.165, 1.54) is 6.08 Å².